The van der Waals surface area contributed by atoms with Crippen LogP contribution in [0.25, 0.3) is 0 Å². The van der Waals surface area contributed by atoms with Gasteiger partial charge >= 0.3 is 6.03 Å². The largest absolute Gasteiger partial charge is 0.334 e. The van der Waals surface area contributed by atoms with Crippen LogP contribution in [0.4, 0.5) is 4.79 Å². The number of nitrogens with zero attached hydrogens (tertiary/aromatic N) is 1. The van der Waals surface area contributed by atoms with Crippen LogP contribution in [0.2, 0.25) is 0 Å². The molecule has 0 bridgehead atoms. The van der Waals surface area contributed by atoms with Crippen LogP contribution in [-0.2, 0) is 13.1 Å². The Balaban J connectivity index is 2.61. The van der Waals surface area contributed by atoms with Crippen LogP contribution in [0, 0.1) is 0 Å². The fourth-order valence-corrected chi connectivity index (χ4v) is 1.26. The van der Waals surface area contributed by atoms with Gasteiger partial charge in [0.15, 0.2) is 0 Å². The number of amides is 2. The van der Waals surface area contributed by atoms with Crippen LogP contribution >= 0.6 is 0 Å². The van der Waals surface area contributed by atoms with Gasteiger partial charge in [0.1, 0.15) is 0 Å². The van der Waals surface area contributed by atoms with E-state index in [-0.39, 0.29) is 6.03 Å². The highest BCUT2D eigenvalue weighted by Crippen LogP contribution is 2.07. The van der Waals surface area contributed by atoms with Crippen molar-refractivity contribution < 1.29 is 4.79 Å². The van der Waals surface area contributed by atoms with E-state index in [1.165, 1.54) is 4.90 Å². The molecule has 0 heterocycles. The number of urea groups is 1. The van der Waals surface area contributed by atoms with Gasteiger partial charge in [0.25, 0.3) is 0 Å². The molecular weight excluding hydrogens is 190 g/mol. The highest BCUT2D eigenvalue weighted by molar-refractivity contribution is 5.73. The van der Waals surface area contributed by atoms with Crippen LogP contribution in [-0.4, -0.2) is 25.0 Å². The Labute approximate surface area is 90.1 Å². The van der Waals surface area contributed by atoms with Crippen LogP contribution in [0.5, 0.6) is 0 Å². The first-order chi connectivity index (χ1) is 7.15. The van der Waals surface area contributed by atoms with E-state index in [2.05, 4.69) is 5.32 Å². The van der Waals surface area contributed by atoms with E-state index in [4.69, 9.17) is 5.73 Å². The summed E-state index contributed by atoms with van der Waals surface area (Å²) in [5.41, 5.74) is 7.72. The lowest BCUT2D eigenvalue weighted by atomic mass is 10.1. The zero-order chi connectivity index (χ0) is 11.3. The average Bonchev–Trinajstić information content (AvgIpc) is 2.26. The predicted octanol–water partition coefficient (Wildman–Crippen LogP) is 0.917. The number of rotatable bonds is 3. The molecule has 0 saturated carbocycles. The normalized spacial score (nSPS) is 9.80. The van der Waals surface area contributed by atoms with E-state index in [1.807, 2.05) is 24.3 Å². The number of carbonyl (C=O) groups excluding carboxylic acids is 1. The Morgan fingerprint density at radius 2 is 1.93 bits per heavy atom. The maximum absolute atomic E-state index is 11.3. The Bertz CT molecular complexity index is 336. The molecule has 0 aliphatic rings. The van der Waals surface area contributed by atoms with Crippen molar-refractivity contribution in [1.29, 1.82) is 0 Å². The van der Waals surface area contributed by atoms with Crippen molar-refractivity contribution in [1.82, 2.24) is 10.2 Å². The van der Waals surface area contributed by atoms with Gasteiger partial charge in [-0.1, -0.05) is 24.3 Å². The summed E-state index contributed by atoms with van der Waals surface area (Å²) in [6.07, 6.45) is 0. The van der Waals surface area contributed by atoms with Gasteiger partial charge in [0.2, 0.25) is 0 Å². The monoisotopic (exact) mass is 207 g/mol. The third kappa shape index (κ3) is 3.25. The van der Waals surface area contributed by atoms with Crippen molar-refractivity contribution in [3.63, 3.8) is 0 Å². The van der Waals surface area contributed by atoms with Gasteiger partial charge in [0, 0.05) is 27.2 Å². The van der Waals surface area contributed by atoms with Crippen molar-refractivity contribution in [2.45, 2.75) is 13.1 Å². The highest BCUT2D eigenvalue weighted by Gasteiger charge is 2.04. The maximum Gasteiger partial charge on any atom is 0.317 e. The minimum absolute atomic E-state index is 0.0955. The van der Waals surface area contributed by atoms with Crippen molar-refractivity contribution in [3.8, 4) is 0 Å². The molecule has 0 radical (unpaired) electrons. The van der Waals surface area contributed by atoms with Crippen LogP contribution in [0.1, 0.15) is 11.1 Å². The molecule has 0 aliphatic carbocycles. The molecule has 1 aromatic carbocycles. The summed E-state index contributed by atoms with van der Waals surface area (Å²) in [5, 5.41) is 2.80. The van der Waals surface area contributed by atoms with Gasteiger partial charge in [-0.15, -0.1) is 0 Å². The Kier molecular flexibility index (Phi) is 4.12. The van der Waals surface area contributed by atoms with Crippen LogP contribution < -0.4 is 11.1 Å². The van der Waals surface area contributed by atoms with Crippen molar-refractivity contribution >= 4 is 6.03 Å². The lowest BCUT2D eigenvalue weighted by molar-refractivity contribution is 0.217. The molecule has 4 heteroatoms. The van der Waals surface area contributed by atoms with Crippen molar-refractivity contribution in [2.75, 3.05) is 14.1 Å². The zero-order valence-corrected chi connectivity index (χ0v) is 9.16. The number of carbonyl (C=O) groups is 1. The molecule has 0 saturated heterocycles. The second-order valence-electron chi connectivity index (χ2n) is 3.53. The Morgan fingerprint density at radius 1 is 1.33 bits per heavy atom. The van der Waals surface area contributed by atoms with Crippen LogP contribution in [0.3, 0.4) is 0 Å². The summed E-state index contributed by atoms with van der Waals surface area (Å²) in [6, 6.07) is 7.73. The van der Waals surface area contributed by atoms with E-state index < -0.39 is 0 Å². The standard InChI is InChI=1S/C11H17N3O/c1-14(2)11(15)13-8-10-6-4-3-5-9(10)7-12/h3-6H,7-8,12H2,1-2H3,(H,13,15). The van der Waals surface area contributed by atoms with Gasteiger partial charge in [-0.25, -0.2) is 4.79 Å². The minimum Gasteiger partial charge on any atom is -0.334 e. The number of hydrogen-bond acceptors (Lipinski definition) is 2. The molecule has 0 aromatic heterocycles. The summed E-state index contributed by atoms with van der Waals surface area (Å²) in [6.45, 7) is 1.01. The van der Waals surface area contributed by atoms with Gasteiger partial charge in [-0.05, 0) is 11.1 Å². The summed E-state index contributed by atoms with van der Waals surface area (Å²) in [4.78, 5) is 12.8. The molecule has 0 fully saturated rings. The molecule has 15 heavy (non-hydrogen) atoms. The summed E-state index contributed by atoms with van der Waals surface area (Å²) >= 11 is 0. The first kappa shape index (κ1) is 11.5. The molecule has 1 aromatic rings. The topological polar surface area (TPSA) is 58.4 Å². The minimum atomic E-state index is -0.0955. The van der Waals surface area contributed by atoms with E-state index in [0.717, 1.165) is 11.1 Å². The number of hydrogen-bond donors (Lipinski definition) is 2. The highest BCUT2D eigenvalue weighted by atomic mass is 16.2. The van der Waals surface area contributed by atoms with Gasteiger partial charge < -0.3 is 16.0 Å². The second-order valence-corrected chi connectivity index (χ2v) is 3.53. The SMILES string of the molecule is CN(C)C(=O)NCc1ccccc1CN. The zero-order valence-electron chi connectivity index (χ0n) is 9.16. The van der Waals surface area contributed by atoms with Gasteiger partial charge in [0.05, 0.1) is 0 Å². The molecule has 3 N–H and O–H groups in total. The van der Waals surface area contributed by atoms with Crippen LogP contribution in [0.15, 0.2) is 24.3 Å². The quantitative estimate of drug-likeness (QED) is 0.774. The molecule has 0 atom stereocenters. The summed E-state index contributed by atoms with van der Waals surface area (Å²) in [7, 11) is 3.42. The molecule has 4 nitrogen and oxygen atoms in total. The smallest absolute Gasteiger partial charge is 0.317 e. The Hall–Kier alpha value is -1.55. The number of benzene rings is 1. The third-order valence-electron chi connectivity index (χ3n) is 2.17. The van der Waals surface area contributed by atoms with Gasteiger partial charge in [-0.2, -0.15) is 0 Å². The first-order valence-corrected chi connectivity index (χ1v) is 4.87. The second kappa shape index (κ2) is 5.36. The summed E-state index contributed by atoms with van der Waals surface area (Å²) < 4.78 is 0. The van der Waals surface area contributed by atoms with E-state index in [0.29, 0.717) is 13.1 Å². The van der Waals surface area contributed by atoms with E-state index in [9.17, 15) is 4.79 Å². The van der Waals surface area contributed by atoms with Crippen molar-refractivity contribution in [2.24, 2.45) is 5.73 Å². The lowest BCUT2D eigenvalue weighted by Gasteiger charge is -2.13. The predicted molar refractivity (Wildman–Crippen MR) is 60.3 cm³/mol. The molecule has 0 aliphatic heterocycles. The summed E-state index contributed by atoms with van der Waals surface area (Å²) in [5.74, 6) is 0. The fourth-order valence-electron chi connectivity index (χ4n) is 1.26. The average molecular weight is 207 g/mol. The van der Waals surface area contributed by atoms with E-state index >= 15 is 0 Å². The lowest BCUT2D eigenvalue weighted by Crippen LogP contribution is -2.34. The third-order valence-corrected chi connectivity index (χ3v) is 2.17. The van der Waals surface area contributed by atoms with Crippen molar-refractivity contribution in [3.05, 3.63) is 35.4 Å². The Morgan fingerprint density at radius 3 is 2.47 bits per heavy atom. The van der Waals surface area contributed by atoms with E-state index in [1.54, 1.807) is 14.1 Å². The molecule has 2 amide bonds. The molecule has 0 spiro atoms. The first-order valence-electron chi connectivity index (χ1n) is 4.87. The number of nitrogens with one attached hydrogen (secondary N) is 1. The molecule has 82 valence electrons. The maximum atomic E-state index is 11.3. The molecule has 1 rings (SSSR count). The van der Waals surface area contributed by atoms with Gasteiger partial charge in [-0.3, -0.25) is 0 Å². The fraction of sp³-hybridized carbons (Fsp3) is 0.364. The molecule has 0 unspecified atom stereocenters. The molecular formula is C11H17N3O. The number of nitrogens with two attached hydrogens (primary N) is 1.